The number of hydrogen-bond acceptors (Lipinski definition) is 8. The first-order valence-corrected chi connectivity index (χ1v) is 11.1. The number of halogens is 1. The Hall–Kier alpha value is -2.95. The predicted octanol–water partition coefficient (Wildman–Crippen LogP) is 1.82. The lowest BCUT2D eigenvalue weighted by Gasteiger charge is -2.37. The minimum atomic E-state index is -1.57. The smallest absolute Gasteiger partial charge is 0.162 e. The Kier molecular flexibility index (Phi) is 5.38. The summed E-state index contributed by atoms with van der Waals surface area (Å²) in [7, 11) is 0. The van der Waals surface area contributed by atoms with Crippen molar-refractivity contribution in [3.05, 3.63) is 47.9 Å². The number of anilines is 2. The lowest BCUT2D eigenvalue weighted by atomic mass is 9.93. The van der Waals surface area contributed by atoms with E-state index in [9.17, 15) is 19.7 Å². The van der Waals surface area contributed by atoms with E-state index in [0.717, 1.165) is 11.3 Å². The van der Waals surface area contributed by atoms with Crippen molar-refractivity contribution in [3.63, 3.8) is 0 Å². The van der Waals surface area contributed by atoms with Crippen molar-refractivity contribution in [2.24, 2.45) is 0 Å². The zero-order chi connectivity index (χ0) is 23.2. The van der Waals surface area contributed by atoms with Crippen LogP contribution in [0.2, 0.25) is 0 Å². The number of nitrogens with zero attached hydrogens (tertiary/aromatic N) is 4. The topological polar surface area (TPSA) is 115 Å². The zero-order valence-electron chi connectivity index (χ0n) is 18.4. The first kappa shape index (κ1) is 21.9. The lowest BCUT2D eigenvalue weighted by molar-refractivity contribution is 0.0445. The van der Waals surface area contributed by atoms with Gasteiger partial charge >= 0.3 is 0 Å². The molecule has 0 aliphatic carbocycles. The van der Waals surface area contributed by atoms with Gasteiger partial charge in [0.25, 0.3) is 0 Å². The number of aliphatic hydroxyl groups is 3. The van der Waals surface area contributed by atoms with Gasteiger partial charge in [-0.2, -0.15) is 5.10 Å². The standard InChI is InChI=1S/C23H28FN5O4/c1-22(13-30)11-15-9-17(27-21(32)16-12-26-29-6-2-5-25-20(16)29)18(10-19(15)33-22)28-7-3-23(24,14-31)4-8-28/h2,5-6,9-10,12,21,27,30-32H,3-4,7-8,11,13-14H2,1H3/t21?,22-/m0/s1. The van der Waals surface area contributed by atoms with Crippen molar-refractivity contribution >= 4 is 17.0 Å². The normalized spacial score (nSPS) is 22.8. The van der Waals surface area contributed by atoms with Gasteiger partial charge in [-0.1, -0.05) is 0 Å². The number of aromatic nitrogens is 3. The maximum Gasteiger partial charge on any atom is 0.162 e. The molecule has 2 aliphatic heterocycles. The van der Waals surface area contributed by atoms with Crippen molar-refractivity contribution in [1.29, 1.82) is 0 Å². The number of benzene rings is 1. The van der Waals surface area contributed by atoms with E-state index in [4.69, 9.17) is 4.74 Å². The van der Waals surface area contributed by atoms with Gasteiger partial charge in [0.2, 0.25) is 0 Å². The second-order valence-corrected chi connectivity index (χ2v) is 9.19. The van der Waals surface area contributed by atoms with Gasteiger partial charge in [-0.25, -0.2) is 13.9 Å². The highest BCUT2D eigenvalue weighted by Gasteiger charge is 2.38. The number of rotatable bonds is 6. The third-order valence-corrected chi connectivity index (χ3v) is 6.61. The minimum Gasteiger partial charge on any atom is -0.484 e. The molecule has 33 heavy (non-hydrogen) atoms. The van der Waals surface area contributed by atoms with Gasteiger partial charge in [0.1, 0.15) is 17.0 Å². The molecule has 0 amide bonds. The molecule has 3 aromatic rings. The number of hydrogen-bond donors (Lipinski definition) is 4. The van der Waals surface area contributed by atoms with Crippen LogP contribution in [0.15, 0.2) is 36.8 Å². The average Bonchev–Trinajstić information content (AvgIpc) is 3.40. The van der Waals surface area contributed by atoms with Gasteiger partial charge in [0, 0.05) is 56.4 Å². The van der Waals surface area contributed by atoms with Crippen molar-refractivity contribution in [1.82, 2.24) is 14.6 Å². The van der Waals surface area contributed by atoms with Crippen LogP contribution in [-0.4, -0.2) is 67.5 Å². The fourth-order valence-electron chi connectivity index (χ4n) is 4.59. The summed E-state index contributed by atoms with van der Waals surface area (Å²) in [4.78, 5) is 6.33. The minimum absolute atomic E-state index is 0.124. The van der Waals surface area contributed by atoms with Gasteiger partial charge < -0.3 is 30.3 Å². The van der Waals surface area contributed by atoms with Crippen LogP contribution in [0.5, 0.6) is 5.75 Å². The fraction of sp³-hybridized carbons (Fsp3) is 0.478. The molecule has 4 heterocycles. The Morgan fingerprint density at radius 3 is 2.76 bits per heavy atom. The first-order valence-electron chi connectivity index (χ1n) is 11.1. The van der Waals surface area contributed by atoms with E-state index in [0.29, 0.717) is 42.2 Å². The molecule has 0 bridgehead atoms. The molecular formula is C23H28FN5O4. The van der Waals surface area contributed by atoms with Gasteiger partial charge in [-0.3, -0.25) is 0 Å². The van der Waals surface area contributed by atoms with Crippen molar-refractivity contribution in [2.75, 3.05) is 36.5 Å². The molecule has 0 spiro atoms. The van der Waals surface area contributed by atoms with Crippen LogP contribution in [0.1, 0.15) is 37.1 Å². The molecule has 2 aliphatic rings. The summed E-state index contributed by atoms with van der Waals surface area (Å²) < 4.78 is 22.2. The molecule has 9 nitrogen and oxygen atoms in total. The van der Waals surface area contributed by atoms with Gasteiger partial charge in [-0.05, 0) is 19.1 Å². The summed E-state index contributed by atoms with van der Waals surface area (Å²) in [6.45, 7) is 2.06. The summed E-state index contributed by atoms with van der Waals surface area (Å²) in [6.07, 6.45) is 4.82. The first-order chi connectivity index (χ1) is 15.8. The summed E-state index contributed by atoms with van der Waals surface area (Å²) in [6, 6.07) is 5.55. The van der Waals surface area contributed by atoms with Gasteiger partial charge in [0.15, 0.2) is 11.9 Å². The zero-order valence-corrected chi connectivity index (χ0v) is 18.4. The molecule has 4 N–H and O–H groups in total. The van der Waals surface area contributed by atoms with Crippen LogP contribution in [0.25, 0.3) is 5.65 Å². The third kappa shape index (κ3) is 3.98. The van der Waals surface area contributed by atoms with Crippen LogP contribution in [0.4, 0.5) is 15.8 Å². The Balaban J connectivity index is 1.48. The van der Waals surface area contributed by atoms with Gasteiger partial charge in [-0.15, -0.1) is 0 Å². The third-order valence-electron chi connectivity index (χ3n) is 6.61. The number of alkyl halides is 1. The molecule has 10 heteroatoms. The maximum atomic E-state index is 14.6. The molecule has 2 atom stereocenters. The van der Waals surface area contributed by atoms with Crippen molar-refractivity contribution in [3.8, 4) is 5.75 Å². The van der Waals surface area contributed by atoms with E-state index in [1.54, 1.807) is 29.2 Å². The average molecular weight is 458 g/mol. The van der Waals surface area contributed by atoms with E-state index >= 15 is 0 Å². The second-order valence-electron chi connectivity index (χ2n) is 9.19. The number of piperidine rings is 1. The van der Waals surface area contributed by atoms with E-state index in [1.165, 1.54) is 0 Å². The number of fused-ring (bicyclic) bond motifs is 2. The second kappa shape index (κ2) is 8.12. The molecule has 1 fully saturated rings. The number of aliphatic hydroxyl groups excluding tert-OH is 3. The molecule has 5 rings (SSSR count). The summed E-state index contributed by atoms with van der Waals surface area (Å²) in [5, 5.41) is 37.6. The molecule has 1 aromatic carbocycles. The lowest BCUT2D eigenvalue weighted by Crippen LogP contribution is -2.44. The Morgan fingerprint density at radius 2 is 2.03 bits per heavy atom. The highest BCUT2D eigenvalue weighted by molar-refractivity contribution is 5.75. The van der Waals surface area contributed by atoms with Crippen molar-refractivity contribution < 1.29 is 24.4 Å². The van der Waals surface area contributed by atoms with Crippen LogP contribution in [0.3, 0.4) is 0 Å². The quantitative estimate of drug-likeness (QED) is 0.415. The number of nitrogens with one attached hydrogen (secondary N) is 1. The Labute approximate surface area is 190 Å². The van der Waals surface area contributed by atoms with E-state index in [1.807, 2.05) is 24.0 Å². The van der Waals surface area contributed by atoms with E-state index in [2.05, 4.69) is 15.4 Å². The predicted molar refractivity (Wildman–Crippen MR) is 120 cm³/mol. The molecule has 2 aromatic heterocycles. The van der Waals surface area contributed by atoms with Crippen LogP contribution < -0.4 is 15.0 Å². The Morgan fingerprint density at radius 1 is 1.24 bits per heavy atom. The number of ether oxygens (including phenoxy) is 1. The Bertz CT molecular complexity index is 1160. The largest absolute Gasteiger partial charge is 0.484 e. The molecule has 0 radical (unpaired) electrons. The van der Waals surface area contributed by atoms with Crippen molar-refractivity contribution in [2.45, 2.75) is 43.7 Å². The summed E-state index contributed by atoms with van der Waals surface area (Å²) in [5.41, 5.74) is 1.12. The van der Waals surface area contributed by atoms with Gasteiger partial charge in [0.05, 0.1) is 36.3 Å². The highest BCUT2D eigenvalue weighted by atomic mass is 19.1. The highest BCUT2D eigenvalue weighted by Crippen LogP contribution is 2.43. The van der Waals surface area contributed by atoms with Crippen LogP contribution in [0, 0.1) is 0 Å². The monoisotopic (exact) mass is 457 g/mol. The van der Waals surface area contributed by atoms with E-state index < -0.39 is 24.1 Å². The molecule has 0 saturated carbocycles. The van der Waals surface area contributed by atoms with Crippen LogP contribution >= 0.6 is 0 Å². The van der Waals surface area contributed by atoms with E-state index in [-0.39, 0.29) is 19.4 Å². The molecule has 176 valence electrons. The molecular weight excluding hydrogens is 429 g/mol. The SMILES string of the molecule is C[C@@]1(CO)Cc2cc(NC(O)c3cnn4cccnc34)c(N3CCC(F)(CO)CC3)cc2O1. The summed E-state index contributed by atoms with van der Waals surface area (Å²) in [5.74, 6) is 0.665. The molecule has 1 saturated heterocycles. The van der Waals surface area contributed by atoms with Crippen LogP contribution in [-0.2, 0) is 6.42 Å². The fourth-order valence-corrected chi connectivity index (χ4v) is 4.59. The maximum absolute atomic E-state index is 14.6. The summed E-state index contributed by atoms with van der Waals surface area (Å²) >= 11 is 0. The molecule has 1 unspecified atom stereocenters.